The Hall–Kier alpha value is -2.63. The number of amides is 2. The van der Waals surface area contributed by atoms with Gasteiger partial charge in [-0.15, -0.1) is 0 Å². The van der Waals surface area contributed by atoms with Gasteiger partial charge in [0.15, 0.2) is 0 Å². The van der Waals surface area contributed by atoms with Crippen LogP contribution >= 0.6 is 0 Å². The third-order valence-electron chi connectivity index (χ3n) is 3.37. The molecular weight excluding hydrogens is 286 g/mol. The number of hydrogen-bond donors (Lipinski definition) is 0. The second-order valence-electron chi connectivity index (χ2n) is 4.75. The van der Waals surface area contributed by atoms with Gasteiger partial charge in [-0.25, -0.2) is 9.69 Å². The highest BCUT2D eigenvalue weighted by Gasteiger charge is 2.37. The molecule has 22 heavy (non-hydrogen) atoms. The fourth-order valence-corrected chi connectivity index (χ4v) is 2.45. The van der Waals surface area contributed by atoms with Gasteiger partial charge < -0.3 is 9.47 Å². The maximum Gasteiger partial charge on any atom is 0.337 e. The van der Waals surface area contributed by atoms with Crippen LogP contribution in [0.3, 0.4) is 0 Å². The van der Waals surface area contributed by atoms with Crippen LogP contribution in [0.2, 0.25) is 0 Å². The minimum atomic E-state index is -0.509. The van der Waals surface area contributed by atoms with Crippen molar-refractivity contribution >= 4 is 29.0 Å². The van der Waals surface area contributed by atoms with Crippen molar-refractivity contribution in [1.82, 2.24) is 0 Å². The Morgan fingerprint density at radius 2 is 1.91 bits per heavy atom. The number of hydrogen-bond acceptors (Lipinski definition) is 5. The van der Waals surface area contributed by atoms with Gasteiger partial charge in [0.25, 0.3) is 5.91 Å². The minimum Gasteiger partial charge on any atom is -0.498 e. The summed E-state index contributed by atoms with van der Waals surface area (Å²) in [6.45, 7) is 5.18. The van der Waals surface area contributed by atoms with E-state index >= 15 is 0 Å². The monoisotopic (exact) mass is 303 g/mol. The Morgan fingerprint density at radius 3 is 2.45 bits per heavy atom. The maximum absolute atomic E-state index is 12.5. The molecule has 2 amide bonds. The van der Waals surface area contributed by atoms with E-state index < -0.39 is 17.8 Å². The van der Waals surface area contributed by atoms with Gasteiger partial charge in [0, 0.05) is 12.5 Å². The fraction of sp³-hybridized carbons (Fsp3) is 0.312. The van der Waals surface area contributed by atoms with Crippen LogP contribution in [-0.2, 0) is 19.1 Å². The van der Waals surface area contributed by atoms with E-state index in [1.165, 1.54) is 20.1 Å². The number of carbonyl (C=O) groups excluding carboxylic acids is 3. The first-order valence-electron chi connectivity index (χ1n) is 6.83. The molecule has 116 valence electrons. The van der Waals surface area contributed by atoms with Crippen LogP contribution in [0, 0.1) is 0 Å². The quantitative estimate of drug-likeness (QED) is 0.486. The fourth-order valence-electron chi connectivity index (χ4n) is 2.45. The molecule has 0 radical (unpaired) electrons. The van der Waals surface area contributed by atoms with Gasteiger partial charge >= 0.3 is 5.97 Å². The molecule has 1 aromatic carbocycles. The first-order valence-corrected chi connectivity index (χ1v) is 6.83. The van der Waals surface area contributed by atoms with Crippen molar-refractivity contribution in [2.45, 2.75) is 20.8 Å². The molecule has 0 unspecified atom stereocenters. The predicted molar refractivity (Wildman–Crippen MR) is 80.2 cm³/mol. The van der Waals surface area contributed by atoms with Gasteiger partial charge in [0.1, 0.15) is 5.76 Å². The van der Waals surface area contributed by atoms with Gasteiger partial charge in [-0.1, -0.05) is 0 Å². The average molecular weight is 303 g/mol. The molecule has 0 bridgehead atoms. The molecule has 0 fully saturated rings. The molecule has 1 heterocycles. The zero-order chi connectivity index (χ0) is 16.4. The zero-order valence-electron chi connectivity index (χ0n) is 12.9. The second-order valence-corrected chi connectivity index (χ2v) is 4.75. The van der Waals surface area contributed by atoms with Crippen LogP contribution in [0.4, 0.5) is 5.69 Å². The molecule has 0 spiro atoms. The summed E-state index contributed by atoms with van der Waals surface area (Å²) in [6, 6.07) is 4.62. The largest absolute Gasteiger partial charge is 0.498 e. The molecule has 0 atom stereocenters. The third-order valence-corrected chi connectivity index (χ3v) is 3.37. The minimum absolute atomic E-state index is 0.290. The number of fused-ring (bicyclic) bond motifs is 1. The Morgan fingerprint density at radius 1 is 1.23 bits per heavy atom. The van der Waals surface area contributed by atoms with E-state index in [1.54, 1.807) is 26.0 Å². The van der Waals surface area contributed by atoms with Gasteiger partial charge in [-0.05, 0) is 32.0 Å². The molecule has 1 aliphatic rings. The van der Waals surface area contributed by atoms with Crippen molar-refractivity contribution < 1.29 is 23.9 Å². The number of ether oxygens (including phenoxy) is 2. The lowest BCUT2D eigenvalue weighted by Gasteiger charge is -2.12. The van der Waals surface area contributed by atoms with Gasteiger partial charge in [0.2, 0.25) is 5.91 Å². The molecule has 0 saturated heterocycles. The van der Waals surface area contributed by atoms with Crippen LogP contribution in [0.1, 0.15) is 36.7 Å². The van der Waals surface area contributed by atoms with Crippen molar-refractivity contribution in [3.63, 3.8) is 0 Å². The van der Waals surface area contributed by atoms with Gasteiger partial charge in [-0.3, -0.25) is 9.59 Å². The highest BCUT2D eigenvalue weighted by Crippen LogP contribution is 2.39. The smallest absolute Gasteiger partial charge is 0.337 e. The number of rotatable bonds is 3. The Labute approximate surface area is 128 Å². The summed E-state index contributed by atoms with van der Waals surface area (Å²) >= 11 is 0. The lowest BCUT2D eigenvalue weighted by atomic mass is 10.0. The molecule has 6 heteroatoms. The average Bonchev–Trinajstić information content (AvgIpc) is 2.77. The number of carbonyl (C=O) groups is 3. The van der Waals surface area contributed by atoms with Crippen LogP contribution < -0.4 is 4.90 Å². The highest BCUT2D eigenvalue weighted by atomic mass is 16.5. The third kappa shape index (κ3) is 2.47. The number of methoxy groups -OCH3 is 1. The standard InChI is InChI=1S/C16H17NO5/c1-5-22-9(2)14-12-8-11(16(20)21-4)6-7-13(12)17(10(3)18)15(14)19/h6-8H,5H2,1-4H3. The van der Waals surface area contributed by atoms with E-state index in [1.807, 2.05) is 0 Å². The summed E-state index contributed by atoms with van der Waals surface area (Å²) in [5.74, 6) is -0.934. The molecule has 6 nitrogen and oxygen atoms in total. The van der Waals surface area contributed by atoms with Crippen molar-refractivity contribution in [2.75, 3.05) is 18.6 Å². The molecule has 2 rings (SSSR count). The lowest BCUT2D eigenvalue weighted by molar-refractivity contribution is -0.122. The normalized spacial score (nSPS) is 15.5. The maximum atomic E-state index is 12.5. The van der Waals surface area contributed by atoms with Crippen LogP contribution in [0.25, 0.3) is 5.57 Å². The van der Waals surface area contributed by atoms with E-state index in [-0.39, 0.29) is 5.57 Å². The summed E-state index contributed by atoms with van der Waals surface area (Å²) in [4.78, 5) is 37.0. The predicted octanol–water partition coefficient (Wildman–Crippen LogP) is 2.13. The first-order chi connectivity index (χ1) is 10.4. The van der Waals surface area contributed by atoms with Crippen LogP contribution in [0.15, 0.2) is 24.0 Å². The summed E-state index contributed by atoms with van der Waals surface area (Å²) in [5, 5.41) is 0. The first kappa shape index (κ1) is 15.8. The molecule has 0 aromatic heterocycles. The molecular formula is C16H17NO5. The van der Waals surface area contributed by atoms with Crippen LogP contribution in [-0.4, -0.2) is 31.5 Å². The van der Waals surface area contributed by atoms with Crippen molar-refractivity contribution in [3.8, 4) is 0 Å². The Bertz CT molecular complexity index is 690. The second kappa shape index (κ2) is 6.01. The number of allylic oxidation sites excluding steroid dienone is 1. The summed E-state index contributed by atoms with van der Waals surface area (Å²) in [7, 11) is 1.28. The van der Waals surface area contributed by atoms with Gasteiger partial charge in [0.05, 0.1) is 30.5 Å². The topological polar surface area (TPSA) is 72.9 Å². The van der Waals surface area contributed by atoms with Crippen molar-refractivity contribution in [1.29, 1.82) is 0 Å². The van der Waals surface area contributed by atoms with E-state index in [4.69, 9.17) is 4.74 Å². The van der Waals surface area contributed by atoms with E-state index in [0.29, 0.717) is 29.2 Å². The summed E-state index contributed by atoms with van der Waals surface area (Å²) in [5.41, 5.74) is 1.53. The number of imide groups is 1. The molecule has 1 aromatic rings. The van der Waals surface area contributed by atoms with E-state index in [0.717, 1.165) is 4.90 Å². The van der Waals surface area contributed by atoms with Gasteiger partial charge in [-0.2, -0.15) is 0 Å². The highest BCUT2D eigenvalue weighted by molar-refractivity contribution is 6.40. The number of benzene rings is 1. The van der Waals surface area contributed by atoms with Crippen molar-refractivity contribution in [2.24, 2.45) is 0 Å². The molecule has 0 saturated carbocycles. The number of esters is 1. The lowest BCUT2D eigenvalue weighted by Crippen LogP contribution is -2.31. The molecule has 0 aliphatic carbocycles. The van der Waals surface area contributed by atoms with E-state index in [9.17, 15) is 14.4 Å². The zero-order valence-corrected chi connectivity index (χ0v) is 12.9. The number of anilines is 1. The van der Waals surface area contributed by atoms with E-state index in [2.05, 4.69) is 4.74 Å². The van der Waals surface area contributed by atoms with Crippen molar-refractivity contribution in [3.05, 3.63) is 35.1 Å². The Kier molecular flexibility index (Phi) is 4.30. The summed E-state index contributed by atoms with van der Waals surface area (Å²) in [6.07, 6.45) is 0. The number of nitrogens with zero attached hydrogens (tertiary/aromatic N) is 1. The molecule has 0 N–H and O–H groups in total. The van der Waals surface area contributed by atoms with Crippen LogP contribution in [0.5, 0.6) is 0 Å². The molecule has 1 aliphatic heterocycles. The Balaban J connectivity index is 2.67. The SMILES string of the molecule is CCOC(C)=C1C(=O)N(C(C)=O)c2ccc(C(=O)OC)cc21. The summed E-state index contributed by atoms with van der Waals surface area (Å²) < 4.78 is 10.1.